The van der Waals surface area contributed by atoms with Crippen molar-refractivity contribution in [2.45, 2.75) is 26.3 Å². The molecule has 28 heavy (non-hydrogen) atoms. The molecule has 5 aromatic rings. The molecule has 0 aliphatic carbocycles. The van der Waals surface area contributed by atoms with Crippen molar-refractivity contribution >= 4 is 38.7 Å². The molecule has 0 unspecified atom stereocenters. The van der Waals surface area contributed by atoms with Crippen molar-refractivity contribution in [2.24, 2.45) is 0 Å². The van der Waals surface area contributed by atoms with E-state index in [4.69, 9.17) is 4.42 Å². The predicted molar refractivity (Wildman–Crippen MR) is 115 cm³/mol. The molecule has 3 N–H and O–H groups in total. The summed E-state index contributed by atoms with van der Waals surface area (Å²) in [7, 11) is 0. The van der Waals surface area contributed by atoms with Crippen molar-refractivity contribution in [1.29, 1.82) is 0 Å². The molecule has 0 aliphatic rings. The standard InChI is InChI=1S/C23H21N3O2/c1-23(2,3)26-22-18(15-12-24-16-10-6-4-8-13(15)16)19-20(28-22)14-9-5-7-11-17(14)25-21(19)27/h4-12,24,26H,1-3H3,(H,25,27). The smallest absolute Gasteiger partial charge is 0.260 e. The SMILES string of the molecule is CC(C)(C)Nc1oc2c(c1-c1c[nH]c3ccccc13)c(=O)[nH]c1ccccc12. The van der Waals surface area contributed by atoms with Gasteiger partial charge in [-0.25, -0.2) is 0 Å². The van der Waals surface area contributed by atoms with E-state index in [0.717, 1.165) is 32.9 Å². The van der Waals surface area contributed by atoms with Crippen LogP contribution in [-0.4, -0.2) is 15.5 Å². The molecule has 0 radical (unpaired) electrons. The van der Waals surface area contributed by atoms with E-state index >= 15 is 0 Å². The number of para-hydroxylation sites is 2. The molecule has 0 aliphatic heterocycles. The number of fused-ring (bicyclic) bond motifs is 4. The fourth-order valence-electron chi connectivity index (χ4n) is 3.78. The summed E-state index contributed by atoms with van der Waals surface area (Å²) in [5.74, 6) is 0.606. The number of hydrogen-bond acceptors (Lipinski definition) is 3. The van der Waals surface area contributed by atoms with Crippen molar-refractivity contribution in [2.75, 3.05) is 5.32 Å². The largest absolute Gasteiger partial charge is 0.439 e. The Kier molecular flexibility index (Phi) is 3.43. The maximum Gasteiger partial charge on any atom is 0.260 e. The number of aromatic amines is 2. The lowest BCUT2D eigenvalue weighted by Crippen LogP contribution is -2.26. The number of hydrogen-bond donors (Lipinski definition) is 3. The average molecular weight is 371 g/mol. The number of rotatable bonds is 2. The lowest BCUT2D eigenvalue weighted by atomic mass is 10.0. The first-order valence-electron chi connectivity index (χ1n) is 9.34. The minimum atomic E-state index is -0.225. The zero-order valence-corrected chi connectivity index (χ0v) is 16.0. The van der Waals surface area contributed by atoms with Crippen molar-refractivity contribution in [3.8, 4) is 11.1 Å². The van der Waals surface area contributed by atoms with Crippen molar-refractivity contribution in [3.63, 3.8) is 0 Å². The maximum absolute atomic E-state index is 13.1. The van der Waals surface area contributed by atoms with Crippen LogP contribution < -0.4 is 10.9 Å². The number of nitrogens with one attached hydrogen (secondary N) is 3. The summed E-state index contributed by atoms with van der Waals surface area (Å²) in [6.07, 6.45) is 1.94. The van der Waals surface area contributed by atoms with Crippen LogP contribution in [0, 0.1) is 0 Å². The quantitative estimate of drug-likeness (QED) is 0.376. The van der Waals surface area contributed by atoms with E-state index in [1.807, 2.05) is 48.7 Å². The average Bonchev–Trinajstić information content (AvgIpc) is 3.22. The summed E-state index contributed by atoms with van der Waals surface area (Å²) in [4.78, 5) is 19.4. The van der Waals surface area contributed by atoms with Crippen molar-refractivity contribution in [1.82, 2.24) is 9.97 Å². The molecule has 3 heterocycles. The van der Waals surface area contributed by atoms with Gasteiger partial charge in [0.15, 0.2) is 5.58 Å². The minimum Gasteiger partial charge on any atom is -0.439 e. The minimum absolute atomic E-state index is 0.153. The third-order valence-corrected chi connectivity index (χ3v) is 4.90. The molecule has 5 nitrogen and oxygen atoms in total. The van der Waals surface area contributed by atoms with Crippen LogP contribution in [0.25, 0.3) is 43.9 Å². The fourth-order valence-corrected chi connectivity index (χ4v) is 3.78. The topological polar surface area (TPSA) is 73.8 Å². The summed E-state index contributed by atoms with van der Waals surface area (Å²) in [6, 6.07) is 15.8. The first kappa shape index (κ1) is 16.7. The Hall–Kier alpha value is -3.47. The van der Waals surface area contributed by atoms with Crippen LogP contribution in [0.5, 0.6) is 0 Å². The molecular formula is C23H21N3O2. The number of benzene rings is 2. The van der Waals surface area contributed by atoms with Gasteiger partial charge in [0.05, 0.1) is 16.5 Å². The normalized spacial score (nSPS) is 12.2. The third-order valence-electron chi connectivity index (χ3n) is 4.90. The Morgan fingerprint density at radius 2 is 1.61 bits per heavy atom. The summed E-state index contributed by atoms with van der Waals surface area (Å²) in [6.45, 7) is 6.21. The van der Waals surface area contributed by atoms with Crippen LogP contribution in [0.15, 0.2) is 63.9 Å². The number of aromatic nitrogens is 2. The second kappa shape index (κ2) is 5.76. The molecule has 0 saturated heterocycles. The molecule has 0 saturated carbocycles. The molecule has 0 amide bonds. The number of H-pyrrole nitrogens is 2. The predicted octanol–water partition coefficient (Wildman–Crippen LogP) is 5.63. The van der Waals surface area contributed by atoms with Crippen molar-refractivity contribution in [3.05, 3.63) is 65.1 Å². The van der Waals surface area contributed by atoms with E-state index in [9.17, 15) is 4.79 Å². The Morgan fingerprint density at radius 3 is 2.36 bits per heavy atom. The highest BCUT2D eigenvalue weighted by molar-refractivity contribution is 6.13. The number of furan rings is 1. The van der Waals surface area contributed by atoms with Gasteiger partial charge in [0.2, 0.25) is 5.88 Å². The number of pyridine rings is 1. The summed E-state index contributed by atoms with van der Waals surface area (Å²) in [5.41, 5.74) is 3.74. The van der Waals surface area contributed by atoms with E-state index in [1.165, 1.54) is 0 Å². The monoisotopic (exact) mass is 371 g/mol. The Balaban J connectivity index is 1.94. The van der Waals surface area contributed by atoms with Gasteiger partial charge in [0.1, 0.15) is 0 Å². The maximum atomic E-state index is 13.1. The first-order valence-corrected chi connectivity index (χ1v) is 9.34. The van der Waals surface area contributed by atoms with Crippen LogP contribution in [0.3, 0.4) is 0 Å². The highest BCUT2D eigenvalue weighted by atomic mass is 16.4. The van der Waals surface area contributed by atoms with Gasteiger partial charge in [-0.3, -0.25) is 4.79 Å². The zero-order valence-electron chi connectivity index (χ0n) is 16.0. The molecule has 0 atom stereocenters. The molecule has 2 aromatic carbocycles. The Labute approximate surface area is 161 Å². The summed E-state index contributed by atoms with van der Waals surface area (Å²) < 4.78 is 6.30. The molecule has 0 spiro atoms. The fraction of sp³-hybridized carbons (Fsp3) is 0.174. The van der Waals surface area contributed by atoms with E-state index in [0.29, 0.717) is 16.9 Å². The molecule has 0 fully saturated rings. The second-order valence-corrected chi connectivity index (χ2v) is 8.13. The van der Waals surface area contributed by atoms with Gasteiger partial charge >= 0.3 is 0 Å². The molecule has 140 valence electrons. The van der Waals surface area contributed by atoms with Crippen LogP contribution in [0.1, 0.15) is 20.8 Å². The van der Waals surface area contributed by atoms with Gasteiger partial charge in [-0.2, -0.15) is 0 Å². The first-order chi connectivity index (χ1) is 13.4. The van der Waals surface area contributed by atoms with Crippen LogP contribution in [0.2, 0.25) is 0 Å². The van der Waals surface area contributed by atoms with Gasteiger partial charge in [-0.1, -0.05) is 30.3 Å². The van der Waals surface area contributed by atoms with E-state index in [-0.39, 0.29) is 11.1 Å². The third kappa shape index (κ3) is 2.51. The van der Waals surface area contributed by atoms with Crippen LogP contribution in [-0.2, 0) is 0 Å². The van der Waals surface area contributed by atoms with E-state index < -0.39 is 0 Å². The lowest BCUT2D eigenvalue weighted by molar-refractivity contribution is 0.567. The Bertz CT molecular complexity index is 1400. The van der Waals surface area contributed by atoms with Crippen LogP contribution in [0.4, 0.5) is 5.88 Å². The molecule has 5 rings (SSSR count). The van der Waals surface area contributed by atoms with Gasteiger partial charge in [-0.15, -0.1) is 0 Å². The van der Waals surface area contributed by atoms with Gasteiger partial charge < -0.3 is 19.7 Å². The zero-order chi connectivity index (χ0) is 19.5. The second-order valence-electron chi connectivity index (χ2n) is 8.13. The molecule has 5 heteroatoms. The highest BCUT2D eigenvalue weighted by Gasteiger charge is 2.25. The van der Waals surface area contributed by atoms with Gasteiger partial charge in [0.25, 0.3) is 5.56 Å². The summed E-state index contributed by atoms with van der Waals surface area (Å²) in [5, 5.41) is 5.96. The van der Waals surface area contributed by atoms with Crippen molar-refractivity contribution < 1.29 is 4.42 Å². The molecule has 0 bridgehead atoms. The van der Waals surface area contributed by atoms with E-state index in [1.54, 1.807) is 0 Å². The molecule has 3 aromatic heterocycles. The Morgan fingerprint density at radius 1 is 0.929 bits per heavy atom. The van der Waals surface area contributed by atoms with Gasteiger partial charge in [-0.05, 0) is 39.0 Å². The van der Waals surface area contributed by atoms with Crippen LogP contribution >= 0.6 is 0 Å². The van der Waals surface area contributed by atoms with Gasteiger partial charge in [0, 0.05) is 33.6 Å². The highest BCUT2D eigenvalue weighted by Crippen LogP contribution is 2.42. The lowest BCUT2D eigenvalue weighted by Gasteiger charge is -2.20. The molecular weight excluding hydrogens is 350 g/mol. The number of anilines is 1. The van der Waals surface area contributed by atoms with E-state index in [2.05, 4.69) is 42.1 Å². The summed E-state index contributed by atoms with van der Waals surface area (Å²) >= 11 is 0.